The molecule has 21 heavy (non-hydrogen) atoms. The minimum Gasteiger partial charge on any atom is -0.393 e. The zero-order chi connectivity index (χ0) is 14.8. The molecule has 1 N–H and O–H groups in total. The lowest BCUT2D eigenvalue weighted by Gasteiger charge is -2.28. The highest BCUT2D eigenvalue weighted by Gasteiger charge is 2.19. The first-order chi connectivity index (χ1) is 10.1. The average Bonchev–Trinajstić information content (AvgIpc) is 2.89. The standard InChI is InChI=1S/C14H16F2N4O/c15-12-2-1-3-13(16)14(12)20-9-10(17-18-20)8-19-6-4-11(21)5-7-19/h1-3,9,11,21H,4-8H2. The Morgan fingerprint density at radius 1 is 1.19 bits per heavy atom. The second-order valence-electron chi connectivity index (χ2n) is 5.23. The third-order valence-electron chi connectivity index (χ3n) is 3.65. The van der Waals surface area contributed by atoms with Crippen LogP contribution in [0.5, 0.6) is 0 Å². The van der Waals surface area contributed by atoms with E-state index in [9.17, 15) is 13.9 Å². The van der Waals surface area contributed by atoms with Crippen molar-refractivity contribution in [3.05, 3.63) is 41.7 Å². The maximum absolute atomic E-state index is 13.7. The lowest BCUT2D eigenvalue weighted by molar-refractivity contribution is 0.0786. The summed E-state index contributed by atoms with van der Waals surface area (Å²) in [6.07, 6.45) is 2.77. The minimum absolute atomic E-state index is 0.217. The van der Waals surface area contributed by atoms with Gasteiger partial charge in [0.1, 0.15) is 5.69 Å². The maximum Gasteiger partial charge on any atom is 0.151 e. The predicted octanol–water partition coefficient (Wildman–Crippen LogP) is 1.50. The first kappa shape index (κ1) is 14.1. The van der Waals surface area contributed by atoms with Gasteiger partial charge in [-0.15, -0.1) is 5.10 Å². The van der Waals surface area contributed by atoms with Crippen molar-refractivity contribution in [1.29, 1.82) is 0 Å². The van der Waals surface area contributed by atoms with E-state index in [1.807, 2.05) is 0 Å². The molecule has 2 aromatic rings. The zero-order valence-corrected chi connectivity index (χ0v) is 11.4. The highest BCUT2D eigenvalue weighted by atomic mass is 19.1. The summed E-state index contributed by atoms with van der Waals surface area (Å²) in [6.45, 7) is 2.12. The molecule has 1 fully saturated rings. The van der Waals surface area contributed by atoms with Crippen LogP contribution in [0.3, 0.4) is 0 Å². The summed E-state index contributed by atoms with van der Waals surface area (Å²) >= 11 is 0. The lowest BCUT2D eigenvalue weighted by Crippen LogP contribution is -2.35. The van der Waals surface area contributed by atoms with E-state index in [1.165, 1.54) is 24.4 Å². The summed E-state index contributed by atoms with van der Waals surface area (Å²) in [5.41, 5.74) is 0.430. The van der Waals surface area contributed by atoms with Gasteiger partial charge in [-0.05, 0) is 25.0 Å². The smallest absolute Gasteiger partial charge is 0.151 e. The molecule has 7 heteroatoms. The number of likely N-dealkylation sites (tertiary alicyclic amines) is 1. The number of benzene rings is 1. The van der Waals surface area contributed by atoms with Gasteiger partial charge in [-0.25, -0.2) is 13.5 Å². The molecule has 1 aliphatic heterocycles. The highest BCUT2D eigenvalue weighted by molar-refractivity contribution is 5.34. The topological polar surface area (TPSA) is 54.2 Å². The molecule has 0 aliphatic carbocycles. The van der Waals surface area contributed by atoms with E-state index in [4.69, 9.17) is 0 Å². The first-order valence-corrected chi connectivity index (χ1v) is 6.89. The third kappa shape index (κ3) is 3.08. The van der Waals surface area contributed by atoms with Gasteiger partial charge in [-0.3, -0.25) is 4.90 Å². The van der Waals surface area contributed by atoms with Gasteiger partial charge in [0.2, 0.25) is 0 Å². The van der Waals surface area contributed by atoms with Gasteiger partial charge < -0.3 is 5.11 Å². The average molecular weight is 294 g/mol. The number of hydrogen-bond acceptors (Lipinski definition) is 4. The summed E-state index contributed by atoms with van der Waals surface area (Å²) in [4.78, 5) is 2.14. The van der Waals surface area contributed by atoms with Gasteiger partial charge in [0.25, 0.3) is 0 Å². The Balaban J connectivity index is 1.75. The Kier molecular flexibility index (Phi) is 3.94. The zero-order valence-electron chi connectivity index (χ0n) is 11.4. The Bertz CT molecular complexity index is 603. The molecule has 112 valence electrons. The first-order valence-electron chi connectivity index (χ1n) is 6.89. The van der Waals surface area contributed by atoms with Gasteiger partial charge in [0, 0.05) is 19.6 Å². The number of piperidine rings is 1. The Labute approximate surface area is 120 Å². The number of rotatable bonds is 3. The molecule has 2 heterocycles. The fraction of sp³-hybridized carbons (Fsp3) is 0.429. The number of hydrogen-bond donors (Lipinski definition) is 1. The Morgan fingerprint density at radius 3 is 2.52 bits per heavy atom. The molecule has 0 unspecified atom stereocenters. The van der Waals surface area contributed by atoms with E-state index in [-0.39, 0.29) is 11.8 Å². The van der Waals surface area contributed by atoms with Crippen LogP contribution in [-0.2, 0) is 6.54 Å². The molecule has 0 radical (unpaired) electrons. The number of aliphatic hydroxyl groups is 1. The molecule has 3 rings (SSSR count). The molecular weight excluding hydrogens is 278 g/mol. The Morgan fingerprint density at radius 2 is 1.86 bits per heavy atom. The largest absolute Gasteiger partial charge is 0.393 e. The van der Waals surface area contributed by atoms with E-state index in [2.05, 4.69) is 15.2 Å². The molecule has 0 spiro atoms. The minimum atomic E-state index is -0.674. The quantitative estimate of drug-likeness (QED) is 0.932. The van der Waals surface area contributed by atoms with Crippen LogP contribution in [-0.4, -0.2) is 44.2 Å². The summed E-state index contributed by atoms with van der Waals surface area (Å²) in [7, 11) is 0. The van der Waals surface area contributed by atoms with E-state index < -0.39 is 11.6 Å². The van der Waals surface area contributed by atoms with Gasteiger partial charge in [-0.1, -0.05) is 11.3 Å². The van der Waals surface area contributed by atoms with Crippen molar-refractivity contribution in [3.8, 4) is 5.69 Å². The predicted molar refractivity (Wildman–Crippen MR) is 71.8 cm³/mol. The lowest BCUT2D eigenvalue weighted by atomic mass is 10.1. The molecule has 0 bridgehead atoms. The number of halogens is 2. The maximum atomic E-state index is 13.7. The number of aromatic nitrogens is 3. The molecule has 1 aromatic carbocycles. The molecule has 0 atom stereocenters. The van der Waals surface area contributed by atoms with Crippen molar-refractivity contribution in [2.75, 3.05) is 13.1 Å². The van der Waals surface area contributed by atoms with Crippen molar-refractivity contribution in [1.82, 2.24) is 19.9 Å². The summed E-state index contributed by atoms with van der Waals surface area (Å²) in [5, 5.41) is 17.2. The molecular formula is C14H16F2N4O. The van der Waals surface area contributed by atoms with Crippen molar-refractivity contribution >= 4 is 0 Å². The molecule has 1 aromatic heterocycles. The monoisotopic (exact) mass is 294 g/mol. The van der Waals surface area contributed by atoms with Crippen LogP contribution in [0.4, 0.5) is 8.78 Å². The van der Waals surface area contributed by atoms with E-state index in [1.54, 1.807) is 0 Å². The van der Waals surface area contributed by atoms with Crippen LogP contribution >= 0.6 is 0 Å². The second-order valence-corrected chi connectivity index (χ2v) is 5.23. The number of aliphatic hydroxyl groups excluding tert-OH is 1. The fourth-order valence-electron chi connectivity index (χ4n) is 2.49. The molecule has 5 nitrogen and oxygen atoms in total. The molecule has 1 aliphatic rings. The van der Waals surface area contributed by atoms with Crippen LogP contribution < -0.4 is 0 Å². The summed E-state index contributed by atoms with van der Waals surface area (Å²) in [5.74, 6) is -1.35. The molecule has 1 saturated heterocycles. The number of nitrogens with zero attached hydrogens (tertiary/aromatic N) is 4. The molecule has 0 saturated carbocycles. The number of para-hydroxylation sites is 1. The summed E-state index contributed by atoms with van der Waals surface area (Å²) < 4.78 is 28.5. The fourth-order valence-corrected chi connectivity index (χ4v) is 2.49. The van der Waals surface area contributed by atoms with E-state index >= 15 is 0 Å². The van der Waals surface area contributed by atoms with Gasteiger partial charge in [-0.2, -0.15) is 0 Å². The normalized spacial score (nSPS) is 17.3. The van der Waals surface area contributed by atoms with Crippen molar-refractivity contribution in [2.24, 2.45) is 0 Å². The van der Waals surface area contributed by atoms with E-state index in [0.29, 0.717) is 12.2 Å². The van der Waals surface area contributed by atoms with Crippen molar-refractivity contribution in [3.63, 3.8) is 0 Å². The summed E-state index contributed by atoms with van der Waals surface area (Å²) in [6, 6.07) is 3.68. The highest BCUT2D eigenvalue weighted by Crippen LogP contribution is 2.17. The van der Waals surface area contributed by atoms with Crippen molar-refractivity contribution < 1.29 is 13.9 Å². The SMILES string of the molecule is OC1CCN(Cc2cn(-c3c(F)cccc3F)nn2)CC1. The van der Waals surface area contributed by atoms with Crippen LogP contribution in [0.1, 0.15) is 18.5 Å². The van der Waals surface area contributed by atoms with Crippen molar-refractivity contribution in [2.45, 2.75) is 25.5 Å². The Hall–Kier alpha value is -1.86. The van der Waals surface area contributed by atoms with Crippen LogP contribution in [0.2, 0.25) is 0 Å². The van der Waals surface area contributed by atoms with Crippen LogP contribution in [0.15, 0.2) is 24.4 Å². The van der Waals surface area contributed by atoms with Gasteiger partial charge in [0.15, 0.2) is 11.6 Å². The van der Waals surface area contributed by atoms with Gasteiger partial charge >= 0.3 is 0 Å². The van der Waals surface area contributed by atoms with Gasteiger partial charge in [0.05, 0.1) is 18.0 Å². The van der Waals surface area contributed by atoms with E-state index in [0.717, 1.165) is 30.6 Å². The van der Waals surface area contributed by atoms with Crippen LogP contribution in [0, 0.1) is 11.6 Å². The van der Waals surface area contributed by atoms with Crippen LogP contribution in [0.25, 0.3) is 5.69 Å². The molecule has 0 amide bonds. The third-order valence-corrected chi connectivity index (χ3v) is 3.65. The second kappa shape index (κ2) is 5.87.